The molecule has 4 rings (SSSR count). The summed E-state index contributed by atoms with van der Waals surface area (Å²) in [4.78, 5) is 34.0. The van der Waals surface area contributed by atoms with E-state index < -0.39 is 0 Å². The molecule has 1 amide bonds. The first kappa shape index (κ1) is 17.2. The first-order valence-corrected chi connectivity index (χ1v) is 9.12. The number of aryl methyl sites for hydroxylation is 1. The van der Waals surface area contributed by atoms with Crippen LogP contribution in [0.2, 0.25) is 0 Å². The predicted molar refractivity (Wildman–Crippen MR) is 97.9 cm³/mol. The van der Waals surface area contributed by atoms with E-state index in [0.29, 0.717) is 43.0 Å². The number of rotatable bonds is 3. The molecule has 2 saturated heterocycles. The molecule has 2 fully saturated rings. The highest BCUT2D eigenvalue weighted by molar-refractivity contribution is 5.78. The lowest BCUT2D eigenvalue weighted by Gasteiger charge is -2.29. The standard InChI is InChI=1S/C19H24N4O3/c1-21-8-14-9-23(15(10-21)12-26-11-14)18(24)6-7-22-13-20-17-5-3-2-4-16(17)19(22)25/h2-5,13-15H,6-12H2,1H3/t14-,15-/m0/s1. The van der Waals surface area contributed by atoms with Crippen LogP contribution in [-0.2, 0) is 16.1 Å². The summed E-state index contributed by atoms with van der Waals surface area (Å²) >= 11 is 0. The van der Waals surface area contributed by atoms with E-state index in [1.807, 2.05) is 23.1 Å². The van der Waals surface area contributed by atoms with Gasteiger partial charge in [0, 0.05) is 38.5 Å². The van der Waals surface area contributed by atoms with Crippen LogP contribution in [0.3, 0.4) is 0 Å². The molecule has 0 N–H and O–H groups in total. The third-order valence-corrected chi connectivity index (χ3v) is 5.27. The van der Waals surface area contributed by atoms with Gasteiger partial charge in [0.25, 0.3) is 5.56 Å². The van der Waals surface area contributed by atoms with Crippen molar-refractivity contribution in [3.05, 3.63) is 40.9 Å². The lowest BCUT2D eigenvalue weighted by molar-refractivity contribution is -0.134. The number of ether oxygens (including phenoxy) is 1. The van der Waals surface area contributed by atoms with Gasteiger partial charge < -0.3 is 14.5 Å². The summed E-state index contributed by atoms with van der Waals surface area (Å²) in [5.74, 6) is 0.433. The van der Waals surface area contributed by atoms with Crippen molar-refractivity contribution in [3.63, 3.8) is 0 Å². The second-order valence-electron chi connectivity index (χ2n) is 7.33. The molecule has 1 aromatic heterocycles. The summed E-state index contributed by atoms with van der Waals surface area (Å²) < 4.78 is 7.27. The highest BCUT2D eigenvalue weighted by Gasteiger charge is 2.34. The summed E-state index contributed by atoms with van der Waals surface area (Å²) in [5, 5.41) is 0.586. The Morgan fingerprint density at radius 2 is 2.08 bits per heavy atom. The number of hydrogen-bond acceptors (Lipinski definition) is 5. The first-order valence-electron chi connectivity index (χ1n) is 9.12. The first-order chi connectivity index (χ1) is 12.6. The Hall–Kier alpha value is -2.25. The van der Waals surface area contributed by atoms with Gasteiger partial charge in [0.1, 0.15) is 0 Å². The van der Waals surface area contributed by atoms with Crippen LogP contribution in [-0.4, -0.2) is 71.2 Å². The monoisotopic (exact) mass is 356 g/mol. The van der Waals surface area contributed by atoms with E-state index in [2.05, 4.69) is 16.9 Å². The molecule has 2 bridgehead atoms. The largest absolute Gasteiger partial charge is 0.379 e. The maximum atomic E-state index is 12.9. The van der Waals surface area contributed by atoms with Gasteiger partial charge in [-0.25, -0.2) is 4.98 Å². The molecular weight excluding hydrogens is 332 g/mol. The van der Waals surface area contributed by atoms with Crippen molar-refractivity contribution in [2.75, 3.05) is 39.9 Å². The van der Waals surface area contributed by atoms with Gasteiger partial charge >= 0.3 is 0 Å². The van der Waals surface area contributed by atoms with Crippen molar-refractivity contribution < 1.29 is 9.53 Å². The van der Waals surface area contributed by atoms with Crippen molar-refractivity contribution in [2.45, 2.75) is 19.0 Å². The molecule has 7 nitrogen and oxygen atoms in total. The molecule has 2 atom stereocenters. The molecular formula is C19H24N4O3. The zero-order valence-electron chi connectivity index (χ0n) is 15.0. The molecule has 3 heterocycles. The van der Waals surface area contributed by atoms with E-state index >= 15 is 0 Å². The Morgan fingerprint density at radius 3 is 2.96 bits per heavy atom. The maximum Gasteiger partial charge on any atom is 0.261 e. The molecule has 2 aliphatic heterocycles. The zero-order chi connectivity index (χ0) is 18.1. The average molecular weight is 356 g/mol. The Balaban J connectivity index is 1.49. The van der Waals surface area contributed by atoms with Crippen LogP contribution in [0.15, 0.2) is 35.4 Å². The van der Waals surface area contributed by atoms with E-state index in [-0.39, 0.29) is 17.5 Å². The van der Waals surface area contributed by atoms with Crippen LogP contribution in [0.4, 0.5) is 0 Å². The van der Waals surface area contributed by atoms with Crippen LogP contribution in [0.1, 0.15) is 6.42 Å². The highest BCUT2D eigenvalue weighted by Crippen LogP contribution is 2.19. The van der Waals surface area contributed by atoms with E-state index in [1.165, 1.54) is 10.9 Å². The third-order valence-electron chi connectivity index (χ3n) is 5.27. The number of amides is 1. The Labute approximate surface area is 152 Å². The molecule has 138 valence electrons. The summed E-state index contributed by atoms with van der Waals surface area (Å²) in [6.45, 7) is 4.16. The number of likely N-dealkylation sites (N-methyl/N-ethyl adjacent to an activating group) is 1. The fraction of sp³-hybridized carbons (Fsp3) is 0.526. The van der Waals surface area contributed by atoms with Crippen molar-refractivity contribution in [2.24, 2.45) is 5.92 Å². The summed E-state index contributed by atoms with van der Waals surface area (Å²) in [7, 11) is 2.10. The van der Waals surface area contributed by atoms with Gasteiger partial charge in [-0.3, -0.25) is 14.2 Å². The molecule has 7 heteroatoms. The Morgan fingerprint density at radius 1 is 1.23 bits per heavy atom. The molecule has 0 unspecified atom stereocenters. The van der Waals surface area contributed by atoms with Crippen LogP contribution < -0.4 is 5.56 Å². The number of fused-ring (bicyclic) bond motifs is 4. The SMILES string of the molecule is CN1C[C@@H]2COC[C@H](C1)N(C(=O)CCn1cnc3ccccc3c1=O)C2. The van der Waals surface area contributed by atoms with Crippen molar-refractivity contribution in [1.29, 1.82) is 0 Å². The van der Waals surface area contributed by atoms with E-state index in [9.17, 15) is 9.59 Å². The number of carbonyl (C=O) groups excluding carboxylic acids is 1. The van der Waals surface area contributed by atoms with E-state index in [0.717, 1.165) is 19.6 Å². The van der Waals surface area contributed by atoms with Gasteiger partial charge in [-0.1, -0.05) is 12.1 Å². The van der Waals surface area contributed by atoms with Gasteiger partial charge in [0.05, 0.1) is 36.5 Å². The quantitative estimate of drug-likeness (QED) is 0.805. The normalized spacial score (nSPS) is 23.8. The fourth-order valence-corrected chi connectivity index (χ4v) is 4.01. The van der Waals surface area contributed by atoms with Crippen LogP contribution >= 0.6 is 0 Å². The lowest BCUT2D eigenvalue weighted by atomic mass is 10.1. The average Bonchev–Trinajstić information content (AvgIpc) is 2.91. The molecule has 2 aliphatic rings. The number of nitrogens with zero attached hydrogens (tertiary/aromatic N) is 4. The molecule has 0 spiro atoms. The minimum Gasteiger partial charge on any atom is -0.379 e. The van der Waals surface area contributed by atoms with Crippen molar-refractivity contribution in [1.82, 2.24) is 19.4 Å². The number of carbonyl (C=O) groups is 1. The Bertz CT molecular complexity index is 865. The fourth-order valence-electron chi connectivity index (χ4n) is 4.01. The van der Waals surface area contributed by atoms with Crippen LogP contribution in [0.5, 0.6) is 0 Å². The van der Waals surface area contributed by atoms with Gasteiger partial charge in [0.15, 0.2) is 0 Å². The third kappa shape index (κ3) is 3.37. The summed E-state index contributed by atoms with van der Waals surface area (Å²) in [6.07, 6.45) is 1.84. The molecule has 1 aromatic carbocycles. The van der Waals surface area contributed by atoms with Crippen LogP contribution in [0, 0.1) is 5.92 Å². The molecule has 2 aromatic rings. The minimum atomic E-state index is -0.0962. The van der Waals surface area contributed by atoms with Crippen molar-refractivity contribution in [3.8, 4) is 0 Å². The summed E-state index contributed by atoms with van der Waals surface area (Å²) in [6, 6.07) is 7.37. The maximum absolute atomic E-state index is 12.9. The van der Waals surface area contributed by atoms with E-state index in [1.54, 1.807) is 6.07 Å². The second kappa shape index (κ2) is 7.17. The summed E-state index contributed by atoms with van der Waals surface area (Å²) in [5.41, 5.74) is 0.586. The number of para-hydroxylation sites is 1. The topological polar surface area (TPSA) is 67.7 Å². The zero-order valence-corrected chi connectivity index (χ0v) is 15.0. The molecule has 0 aliphatic carbocycles. The highest BCUT2D eigenvalue weighted by atomic mass is 16.5. The van der Waals surface area contributed by atoms with Gasteiger partial charge in [0.2, 0.25) is 5.91 Å². The number of aromatic nitrogens is 2. The van der Waals surface area contributed by atoms with Crippen molar-refractivity contribution >= 4 is 16.8 Å². The van der Waals surface area contributed by atoms with Gasteiger partial charge in [-0.15, -0.1) is 0 Å². The molecule has 0 saturated carbocycles. The van der Waals surface area contributed by atoms with Gasteiger partial charge in [-0.05, 0) is 19.2 Å². The number of benzene rings is 1. The van der Waals surface area contributed by atoms with Gasteiger partial charge in [-0.2, -0.15) is 0 Å². The lowest BCUT2D eigenvalue weighted by Crippen LogP contribution is -2.46. The Kier molecular flexibility index (Phi) is 4.74. The van der Waals surface area contributed by atoms with Crippen LogP contribution in [0.25, 0.3) is 10.9 Å². The molecule has 26 heavy (non-hydrogen) atoms. The minimum absolute atomic E-state index is 0.0841. The van der Waals surface area contributed by atoms with E-state index in [4.69, 9.17) is 4.74 Å². The number of hydrogen-bond donors (Lipinski definition) is 0. The smallest absolute Gasteiger partial charge is 0.261 e. The second-order valence-corrected chi connectivity index (χ2v) is 7.33. The predicted octanol–water partition coefficient (Wildman–Crippen LogP) is 0.576. The molecule has 0 radical (unpaired) electrons.